The minimum absolute atomic E-state index is 0.380. The van der Waals surface area contributed by atoms with Crippen molar-refractivity contribution in [2.24, 2.45) is 5.92 Å². The molecule has 1 aromatic carbocycles. The number of nitrogens with two attached hydrogens (primary N) is 1. The van der Waals surface area contributed by atoms with Crippen molar-refractivity contribution in [1.29, 1.82) is 0 Å². The molecule has 0 saturated heterocycles. The summed E-state index contributed by atoms with van der Waals surface area (Å²) in [5.41, 5.74) is 7.78. The fourth-order valence-electron chi connectivity index (χ4n) is 2.89. The Bertz CT molecular complexity index is 479. The van der Waals surface area contributed by atoms with Gasteiger partial charge in [0.2, 0.25) is 0 Å². The van der Waals surface area contributed by atoms with E-state index in [1.165, 1.54) is 32.8 Å². The normalized spacial score (nSPS) is 22.4. The third kappa shape index (κ3) is 3.06. The number of hydrogen-bond donors (Lipinski definition) is 1. The molecule has 20 heavy (non-hydrogen) atoms. The standard InChI is InChI=1S/C16H24N2O2/c1-11-4-6-12(7-5-11)18(2)13-8-9-15(17)14(10-13)16(19)20-3/h8-12H,4-7,17H2,1-3H3. The van der Waals surface area contributed by atoms with Crippen LogP contribution in [-0.4, -0.2) is 26.2 Å². The van der Waals surface area contributed by atoms with Gasteiger partial charge in [-0.2, -0.15) is 0 Å². The summed E-state index contributed by atoms with van der Waals surface area (Å²) in [7, 11) is 3.47. The first-order chi connectivity index (χ1) is 9.52. The molecule has 0 heterocycles. The van der Waals surface area contributed by atoms with Gasteiger partial charge in [0.15, 0.2) is 0 Å². The molecule has 2 rings (SSSR count). The summed E-state index contributed by atoms with van der Waals surface area (Å²) in [6.45, 7) is 2.31. The van der Waals surface area contributed by atoms with Crippen LogP contribution in [0.4, 0.5) is 11.4 Å². The summed E-state index contributed by atoms with van der Waals surface area (Å²) in [6.07, 6.45) is 4.95. The molecule has 4 nitrogen and oxygen atoms in total. The highest BCUT2D eigenvalue weighted by molar-refractivity contribution is 5.96. The Morgan fingerprint density at radius 1 is 1.30 bits per heavy atom. The van der Waals surface area contributed by atoms with E-state index in [1.807, 2.05) is 12.1 Å². The molecule has 0 radical (unpaired) electrons. The molecule has 0 amide bonds. The van der Waals surface area contributed by atoms with Crippen molar-refractivity contribution in [3.8, 4) is 0 Å². The minimum atomic E-state index is -0.380. The molecular formula is C16H24N2O2. The zero-order valence-electron chi connectivity index (χ0n) is 12.6. The van der Waals surface area contributed by atoms with Gasteiger partial charge in [0, 0.05) is 24.5 Å². The fraction of sp³-hybridized carbons (Fsp3) is 0.562. The Balaban J connectivity index is 2.17. The maximum absolute atomic E-state index is 11.7. The Morgan fingerprint density at radius 2 is 1.95 bits per heavy atom. The lowest BCUT2D eigenvalue weighted by molar-refractivity contribution is 0.0602. The number of methoxy groups -OCH3 is 1. The number of benzene rings is 1. The average Bonchev–Trinajstić information content (AvgIpc) is 2.47. The number of nitrogen functional groups attached to an aromatic ring is 1. The first-order valence-electron chi connectivity index (χ1n) is 7.23. The zero-order valence-corrected chi connectivity index (χ0v) is 12.6. The molecule has 110 valence electrons. The van der Waals surface area contributed by atoms with Crippen LogP contribution in [0.2, 0.25) is 0 Å². The van der Waals surface area contributed by atoms with Gasteiger partial charge < -0.3 is 15.4 Å². The Labute approximate surface area is 120 Å². The van der Waals surface area contributed by atoms with Crippen LogP contribution in [0.15, 0.2) is 18.2 Å². The Hall–Kier alpha value is -1.71. The van der Waals surface area contributed by atoms with Crippen LogP contribution in [0.3, 0.4) is 0 Å². The predicted molar refractivity (Wildman–Crippen MR) is 82.0 cm³/mol. The van der Waals surface area contributed by atoms with Gasteiger partial charge in [-0.05, 0) is 49.8 Å². The number of rotatable bonds is 3. The topological polar surface area (TPSA) is 55.6 Å². The molecule has 0 aliphatic heterocycles. The van der Waals surface area contributed by atoms with Crippen LogP contribution in [0.1, 0.15) is 43.0 Å². The quantitative estimate of drug-likeness (QED) is 0.681. The summed E-state index contributed by atoms with van der Waals surface area (Å²) in [6, 6.07) is 6.13. The molecule has 0 unspecified atom stereocenters. The van der Waals surface area contributed by atoms with Gasteiger partial charge in [-0.25, -0.2) is 4.79 Å². The lowest BCUT2D eigenvalue weighted by atomic mass is 9.86. The van der Waals surface area contributed by atoms with E-state index < -0.39 is 0 Å². The second-order valence-electron chi connectivity index (χ2n) is 5.79. The molecule has 1 aromatic rings. The lowest BCUT2D eigenvalue weighted by Crippen LogP contribution is -2.34. The first-order valence-corrected chi connectivity index (χ1v) is 7.23. The molecule has 0 aromatic heterocycles. The summed E-state index contributed by atoms with van der Waals surface area (Å²) < 4.78 is 4.77. The molecule has 1 aliphatic carbocycles. The van der Waals surface area contributed by atoms with E-state index in [2.05, 4.69) is 18.9 Å². The second kappa shape index (κ2) is 6.16. The smallest absolute Gasteiger partial charge is 0.340 e. The largest absolute Gasteiger partial charge is 0.465 e. The van der Waals surface area contributed by atoms with E-state index in [4.69, 9.17) is 10.5 Å². The van der Waals surface area contributed by atoms with E-state index >= 15 is 0 Å². The molecule has 0 bridgehead atoms. The minimum Gasteiger partial charge on any atom is -0.465 e. The Kier molecular flexibility index (Phi) is 4.53. The van der Waals surface area contributed by atoms with Crippen LogP contribution in [0.5, 0.6) is 0 Å². The van der Waals surface area contributed by atoms with E-state index in [0.717, 1.165) is 11.6 Å². The average molecular weight is 276 g/mol. The maximum atomic E-state index is 11.7. The summed E-state index contributed by atoms with van der Waals surface area (Å²) in [5, 5.41) is 0. The number of carbonyl (C=O) groups excluding carboxylic acids is 1. The SMILES string of the molecule is COC(=O)c1cc(N(C)C2CCC(C)CC2)ccc1N. The maximum Gasteiger partial charge on any atom is 0.340 e. The van der Waals surface area contributed by atoms with E-state index in [9.17, 15) is 4.79 Å². The monoisotopic (exact) mass is 276 g/mol. The zero-order chi connectivity index (χ0) is 14.7. The number of anilines is 2. The molecule has 1 saturated carbocycles. The van der Waals surface area contributed by atoms with Crippen molar-refractivity contribution < 1.29 is 9.53 Å². The molecule has 2 N–H and O–H groups in total. The number of hydrogen-bond acceptors (Lipinski definition) is 4. The molecule has 1 fully saturated rings. The molecule has 0 atom stereocenters. The van der Waals surface area contributed by atoms with Crippen molar-refractivity contribution in [1.82, 2.24) is 0 Å². The van der Waals surface area contributed by atoms with Gasteiger partial charge in [-0.3, -0.25) is 0 Å². The van der Waals surface area contributed by atoms with E-state index in [1.54, 1.807) is 6.07 Å². The van der Waals surface area contributed by atoms with Crippen molar-refractivity contribution >= 4 is 17.3 Å². The molecule has 4 heteroatoms. The van der Waals surface area contributed by atoms with Crippen molar-refractivity contribution in [3.63, 3.8) is 0 Å². The van der Waals surface area contributed by atoms with E-state index in [-0.39, 0.29) is 5.97 Å². The van der Waals surface area contributed by atoms with Gasteiger partial charge in [0.05, 0.1) is 12.7 Å². The van der Waals surface area contributed by atoms with Gasteiger partial charge in [-0.1, -0.05) is 6.92 Å². The fourth-order valence-corrected chi connectivity index (χ4v) is 2.89. The number of carbonyl (C=O) groups is 1. The third-order valence-corrected chi connectivity index (χ3v) is 4.38. The van der Waals surface area contributed by atoms with E-state index in [0.29, 0.717) is 17.3 Å². The van der Waals surface area contributed by atoms with Crippen molar-refractivity contribution in [2.45, 2.75) is 38.6 Å². The van der Waals surface area contributed by atoms with Crippen molar-refractivity contribution in [3.05, 3.63) is 23.8 Å². The first kappa shape index (κ1) is 14.7. The highest BCUT2D eigenvalue weighted by atomic mass is 16.5. The summed E-state index contributed by atoms with van der Waals surface area (Å²) >= 11 is 0. The van der Waals surface area contributed by atoms with Gasteiger partial charge in [0.1, 0.15) is 0 Å². The Morgan fingerprint density at radius 3 is 2.55 bits per heavy atom. The number of esters is 1. The van der Waals surface area contributed by atoms with Crippen LogP contribution in [0.25, 0.3) is 0 Å². The van der Waals surface area contributed by atoms with Gasteiger partial charge in [-0.15, -0.1) is 0 Å². The highest BCUT2D eigenvalue weighted by Crippen LogP contribution is 2.30. The summed E-state index contributed by atoms with van der Waals surface area (Å²) in [5.74, 6) is 0.451. The third-order valence-electron chi connectivity index (χ3n) is 4.38. The van der Waals surface area contributed by atoms with Crippen LogP contribution >= 0.6 is 0 Å². The molecular weight excluding hydrogens is 252 g/mol. The van der Waals surface area contributed by atoms with Gasteiger partial charge >= 0.3 is 5.97 Å². The van der Waals surface area contributed by atoms with Crippen LogP contribution < -0.4 is 10.6 Å². The van der Waals surface area contributed by atoms with Crippen molar-refractivity contribution in [2.75, 3.05) is 24.8 Å². The predicted octanol–water partition coefficient (Wildman–Crippen LogP) is 3.07. The molecule has 0 spiro atoms. The highest BCUT2D eigenvalue weighted by Gasteiger charge is 2.22. The number of ether oxygens (including phenoxy) is 1. The number of nitrogens with zero attached hydrogens (tertiary/aromatic N) is 1. The van der Waals surface area contributed by atoms with Crippen LogP contribution in [0, 0.1) is 5.92 Å². The summed E-state index contributed by atoms with van der Waals surface area (Å²) in [4.78, 5) is 14.0. The van der Waals surface area contributed by atoms with Gasteiger partial charge in [0.25, 0.3) is 0 Å². The lowest BCUT2D eigenvalue weighted by Gasteiger charge is -2.35. The van der Waals surface area contributed by atoms with Crippen LogP contribution in [-0.2, 0) is 4.74 Å². The second-order valence-corrected chi connectivity index (χ2v) is 5.79. The molecule has 1 aliphatic rings.